The lowest BCUT2D eigenvalue weighted by Crippen LogP contribution is -1.98. The van der Waals surface area contributed by atoms with Crippen molar-refractivity contribution in [2.24, 2.45) is 0 Å². The summed E-state index contributed by atoms with van der Waals surface area (Å²) in [6.07, 6.45) is 1.91. The summed E-state index contributed by atoms with van der Waals surface area (Å²) in [7, 11) is 4.76. The minimum Gasteiger partial charge on any atom is -0.493 e. The van der Waals surface area contributed by atoms with E-state index >= 15 is 0 Å². The maximum absolute atomic E-state index is 12.5. The second kappa shape index (κ2) is 5.42. The van der Waals surface area contributed by atoms with Gasteiger partial charge in [0.1, 0.15) is 4.88 Å². The van der Waals surface area contributed by atoms with E-state index in [4.69, 9.17) is 14.2 Å². The number of benzene rings is 1. The highest BCUT2D eigenvalue weighted by Crippen LogP contribution is 2.49. The molecule has 0 saturated carbocycles. The van der Waals surface area contributed by atoms with Crippen molar-refractivity contribution in [2.75, 3.05) is 21.3 Å². The van der Waals surface area contributed by atoms with Crippen LogP contribution in [0.1, 0.15) is 15.4 Å². The van der Waals surface area contributed by atoms with Crippen LogP contribution in [0, 0.1) is 0 Å². The Kier molecular flexibility index (Phi) is 3.35. The number of thiophene rings is 1. The van der Waals surface area contributed by atoms with Crippen LogP contribution in [0.25, 0.3) is 16.8 Å². The van der Waals surface area contributed by atoms with Crippen molar-refractivity contribution in [1.29, 1.82) is 0 Å². The highest BCUT2D eigenvalue weighted by Gasteiger charge is 2.32. The zero-order valence-corrected chi connectivity index (χ0v) is 14.3. The van der Waals surface area contributed by atoms with E-state index in [1.54, 1.807) is 21.3 Å². The number of fused-ring (bicyclic) bond motifs is 3. The Bertz CT molecular complexity index is 954. The van der Waals surface area contributed by atoms with Crippen molar-refractivity contribution in [1.82, 2.24) is 4.57 Å². The molecule has 1 aliphatic heterocycles. The van der Waals surface area contributed by atoms with Gasteiger partial charge in [0.2, 0.25) is 11.5 Å². The normalized spacial score (nSPS) is 12.0. The molecule has 0 fully saturated rings. The first-order valence-electron chi connectivity index (χ1n) is 7.34. The van der Waals surface area contributed by atoms with Crippen LogP contribution in [0.4, 0.5) is 0 Å². The summed E-state index contributed by atoms with van der Waals surface area (Å²) in [6.45, 7) is 0. The standard InChI is InChI=1S/C18H15NO4S/c1-21-13-7-6-10(16(22-2)17(13)23-3)11-9-24-18-14(11)19-8-4-5-12(19)15(18)20/h4-9H,1-3H3. The number of methoxy groups -OCH3 is 3. The molecule has 1 aliphatic rings. The van der Waals surface area contributed by atoms with E-state index in [0.29, 0.717) is 22.9 Å². The fourth-order valence-corrected chi connectivity index (χ4v) is 4.14. The molecule has 0 aliphatic carbocycles. The molecule has 6 heteroatoms. The Morgan fingerprint density at radius 1 is 0.958 bits per heavy atom. The largest absolute Gasteiger partial charge is 0.493 e. The van der Waals surface area contributed by atoms with Gasteiger partial charge in [0.05, 0.1) is 32.7 Å². The van der Waals surface area contributed by atoms with Crippen LogP contribution in [-0.4, -0.2) is 31.7 Å². The minimum absolute atomic E-state index is 0.0608. The second-order valence-electron chi connectivity index (χ2n) is 5.30. The average Bonchev–Trinajstić information content (AvgIpc) is 3.29. The molecule has 0 spiro atoms. The number of hydrogen-bond acceptors (Lipinski definition) is 5. The fraction of sp³-hybridized carbons (Fsp3) is 0.167. The molecular formula is C18H15NO4S. The molecule has 0 N–H and O–H groups in total. The first kappa shape index (κ1) is 14.8. The Morgan fingerprint density at radius 3 is 2.46 bits per heavy atom. The van der Waals surface area contributed by atoms with E-state index in [-0.39, 0.29) is 5.78 Å². The monoisotopic (exact) mass is 341 g/mol. The van der Waals surface area contributed by atoms with Gasteiger partial charge in [0.25, 0.3) is 0 Å². The van der Waals surface area contributed by atoms with Gasteiger partial charge in [-0.05, 0) is 24.3 Å². The van der Waals surface area contributed by atoms with Gasteiger partial charge >= 0.3 is 0 Å². The lowest BCUT2D eigenvalue weighted by atomic mass is 10.0. The lowest BCUT2D eigenvalue weighted by Gasteiger charge is -2.16. The van der Waals surface area contributed by atoms with Gasteiger partial charge in [-0.1, -0.05) is 0 Å². The molecule has 0 unspecified atom stereocenters. The van der Waals surface area contributed by atoms with E-state index in [0.717, 1.165) is 21.7 Å². The molecule has 2 aromatic heterocycles. The number of ketones is 1. The van der Waals surface area contributed by atoms with Crippen molar-refractivity contribution in [3.63, 3.8) is 0 Å². The maximum atomic E-state index is 12.5. The topological polar surface area (TPSA) is 49.7 Å². The molecule has 3 aromatic rings. The molecule has 5 nitrogen and oxygen atoms in total. The maximum Gasteiger partial charge on any atom is 0.221 e. The Hall–Kier alpha value is -2.73. The highest BCUT2D eigenvalue weighted by atomic mass is 32.1. The van der Waals surface area contributed by atoms with Crippen molar-refractivity contribution in [2.45, 2.75) is 0 Å². The Morgan fingerprint density at radius 2 is 1.75 bits per heavy atom. The molecule has 122 valence electrons. The predicted octanol–water partition coefficient (Wildman–Crippen LogP) is 3.78. The first-order chi connectivity index (χ1) is 11.7. The average molecular weight is 341 g/mol. The summed E-state index contributed by atoms with van der Waals surface area (Å²) in [5, 5.41) is 1.98. The molecule has 0 atom stereocenters. The summed E-state index contributed by atoms with van der Waals surface area (Å²) in [4.78, 5) is 13.2. The minimum atomic E-state index is 0.0608. The quantitative estimate of drug-likeness (QED) is 0.567. The van der Waals surface area contributed by atoms with Gasteiger partial charge in [-0.15, -0.1) is 11.3 Å². The van der Waals surface area contributed by atoms with Crippen molar-refractivity contribution in [3.05, 3.63) is 46.4 Å². The summed E-state index contributed by atoms with van der Waals surface area (Å²) in [5.41, 5.74) is 3.39. The second-order valence-corrected chi connectivity index (χ2v) is 6.18. The third-order valence-corrected chi connectivity index (χ3v) is 5.16. The SMILES string of the molecule is COc1ccc(-c2csc3c2-n2cccc2C3=O)c(OC)c1OC. The summed E-state index contributed by atoms with van der Waals surface area (Å²) >= 11 is 1.45. The predicted molar refractivity (Wildman–Crippen MR) is 92.2 cm³/mol. The Labute approximate surface area is 143 Å². The van der Waals surface area contributed by atoms with E-state index in [2.05, 4.69) is 0 Å². The van der Waals surface area contributed by atoms with E-state index in [9.17, 15) is 4.79 Å². The molecular weight excluding hydrogens is 326 g/mol. The van der Waals surface area contributed by atoms with Crippen LogP contribution in [0.5, 0.6) is 17.2 Å². The molecule has 0 saturated heterocycles. The molecule has 3 heterocycles. The number of aromatic nitrogens is 1. The molecule has 0 bridgehead atoms. The van der Waals surface area contributed by atoms with Crippen molar-refractivity contribution >= 4 is 17.1 Å². The van der Waals surface area contributed by atoms with Crippen LogP contribution in [0.3, 0.4) is 0 Å². The van der Waals surface area contributed by atoms with Gasteiger partial charge in [0.15, 0.2) is 11.5 Å². The summed E-state index contributed by atoms with van der Waals surface area (Å²) < 4.78 is 18.3. The third-order valence-electron chi connectivity index (χ3n) is 4.19. The molecule has 0 amide bonds. The van der Waals surface area contributed by atoms with E-state index < -0.39 is 0 Å². The summed E-state index contributed by atoms with van der Waals surface area (Å²) in [6, 6.07) is 7.48. The van der Waals surface area contributed by atoms with Crippen LogP contribution >= 0.6 is 11.3 Å². The number of rotatable bonds is 4. The number of carbonyl (C=O) groups is 1. The van der Waals surface area contributed by atoms with Gasteiger partial charge < -0.3 is 18.8 Å². The first-order valence-corrected chi connectivity index (χ1v) is 8.22. The van der Waals surface area contributed by atoms with Gasteiger partial charge in [-0.2, -0.15) is 0 Å². The van der Waals surface area contributed by atoms with Gasteiger partial charge in [-0.3, -0.25) is 4.79 Å². The number of nitrogens with zero attached hydrogens (tertiary/aromatic N) is 1. The molecule has 1 aromatic carbocycles. The zero-order chi connectivity index (χ0) is 16.8. The highest BCUT2D eigenvalue weighted by molar-refractivity contribution is 7.13. The van der Waals surface area contributed by atoms with Crippen LogP contribution in [0.15, 0.2) is 35.8 Å². The molecule has 4 rings (SSSR count). The van der Waals surface area contributed by atoms with E-state index in [1.807, 2.05) is 40.4 Å². The number of carbonyl (C=O) groups excluding carboxylic acids is 1. The number of ether oxygens (including phenoxy) is 3. The van der Waals surface area contributed by atoms with Crippen LogP contribution in [0.2, 0.25) is 0 Å². The fourth-order valence-electron chi connectivity index (χ4n) is 3.13. The van der Waals surface area contributed by atoms with Gasteiger partial charge in [-0.25, -0.2) is 0 Å². The van der Waals surface area contributed by atoms with Crippen LogP contribution in [-0.2, 0) is 0 Å². The number of hydrogen-bond donors (Lipinski definition) is 0. The zero-order valence-electron chi connectivity index (χ0n) is 13.5. The van der Waals surface area contributed by atoms with Gasteiger partial charge in [0, 0.05) is 22.7 Å². The lowest BCUT2D eigenvalue weighted by molar-refractivity contribution is 0.104. The van der Waals surface area contributed by atoms with Crippen molar-refractivity contribution in [3.8, 4) is 34.1 Å². The molecule has 24 heavy (non-hydrogen) atoms. The summed E-state index contributed by atoms with van der Waals surface area (Å²) in [5.74, 6) is 1.79. The van der Waals surface area contributed by atoms with Crippen molar-refractivity contribution < 1.29 is 19.0 Å². The van der Waals surface area contributed by atoms with E-state index in [1.165, 1.54) is 11.3 Å². The molecule has 0 radical (unpaired) electrons. The Balaban J connectivity index is 1.98. The smallest absolute Gasteiger partial charge is 0.221 e. The third kappa shape index (κ3) is 1.83. The van der Waals surface area contributed by atoms with Crippen LogP contribution < -0.4 is 14.2 Å².